The molecule has 3 fully saturated rings. The van der Waals surface area contributed by atoms with Gasteiger partial charge in [0.15, 0.2) is 6.29 Å². The molecule has 3 saturated carbocycles. The molecule has 5 rings (SSSR count). The molecule has 8 heteroatoms. The third-order valence-corrected chi connectivity index (χ3v) is 12.4. The summed E-state index contributed by atoms with van der Waals surface area (Å²) in [6, 6.07) is 0. The predicted molar refractivity (Wildman–Crippen MR) is 176 cm³/mol. The summed E-state index contributed by atoms with van der Waals surface area (Å²) in [6.45, 7) is 10.2. The summed E-state index contributed by atoms with van der Waals surface area (Å²) < 4.78 is 23.2. The largest absolute Gasteiger partial charge is 0.463 e. The quantitative estimate of drug-likeness (QED) is 0.145. The topological polar surface area (TPSA) is 91.4 Å². The Morgan fingerprint density at radius 3 is 2.50 bits per heavy atom. The van der Waals surface area contributed by atoms with E-state index >= 15 is 0 Å². The van der Waals surface area contributed by atoms with Gasteiger partial charge >= 0.3 is 11.9 Å². The molecule has 0 aromatic carbocycles. The molecule has 0 aromatic heterocycles. The lowest BCUT2D eigenvalue weighted by Crippen LogP contribution is -2.51. The zero-order valence-electron chi connectivity index (χ0n) is 29.2. The van der Waals surface area contributed by atoms with E-state index in [9.17, 15) is 14.4 Å². The van der Waals surface area contributed by atoms with Crippen LogP contribution >= 0.6 is 0 Å². The molecule has 8 nitrogen and oxygen atoms in total. The van der Waals surface area contributed by atoms with Crippen molar-refractivity contribution < 1.29 is 33.3 Å². The minimum atomic E-state index is -0.616. The standard InChI is InChI=1S/C38H57NO7/c1-24(10-8-9-11-35(42)39(6)7)30-14-15-31-29-13-12-27-22-28(18-20-37(27,4)32(29)19-21-38(30,31)5)45-36-17-16-33(44-26(3)41)34(46-36)23-43-25(2)40/h10,12,16-17,28-34,36H,8-9,11,13-15,18-23H2,1-7H3/b24-10+/t28-,29-,30+,31-,32-,33-,34+,36?,37-,38+/m0/s1. The second-order valence-corrected chi connectivity index (χ2v) is 15.4. The molecule has 5 aliphatic rings. The van der Waals surface area contributed by atoms with Gasteiger partial charge in [-0.2, -0.15) is 0 Å². The van der Waals surface area contributed by atoms with Gasteiger partial charge in [-0.3, -0.25) is 14.4 Å². The van der Waals surface area contributed by atoms with Gasteiger partial charge in [-0.1, -0.05) is 37.1 Å². The Hall–Kier alpha value is -2.45. The highest BCUT2D eigenvalue weighted by molar-refractivity contribution is 5.75. The minimum Gasteiger partial charge on any atom is -0.463 e. The molecule has 46 heavy (non-hydrogen) atoms. The van der Waals surface area contributed by atoms with Gasteiger partial charge < -0.3 is 23.8 Å². The Morgan fingerprint density at radius 1 is 1.00 bits per heavy atom. The normalized spacial score (nSPS) is 38.6. The van der Waals surface area contributed by atoms with Gasteiger partial charge in [-0.05, 0) is 118 Å². The number of rotatable bonds is 10. The average molecular weight is 640 g/mol. The lowest BCUT2D eigenvalue weighted by Gasteiger charge is -2.58. The van der Waals surface area contributed by atoms with Crippen molar-refractivity contribution in [2.75, 3.05) is 20.7 Å². The lowest BCUT2D eigenvalue weighted by molar-refractivity contribution is -0.213. The molecule has 1 heterocycles. The third-order valence-electron chi connectivity index (χ3n) is 12.4. The highest BCUT2D eigenvalue weighted by Gasteiger charge is 2.58. The SMILES string of the molecule is CC(=O)OC[C@H]1OC(O[C@H]2CC[C@@]3(C)C(=CC[C@H]4[C@@H]5CC[C@H](/C(C)=C/CCCC(=O)N(C)C)[C@@]5(C)CC[C@@H]43)C2)C=C[C@@H]1OC(C)=O. The van der Waals surface area contributed by atoms with Crippen LogP contribution in [0.4, 0.5) is 0 Å². The summed E-state index contributed by atoms with van der Waals surface area (Å²) in [5, 5.41) is 0. The van der Waals surface area contributed by atoms with Crippen molar-refractivity contribution in [3.8, 4) is 0 Å². The van der Waals surface area contributed by atoms with Crippen molar-refractivity contribution >= 4 is 17.8 Å². The first-order valence-corrected chi connectivity index (χ1v) is 17.7. The van der Waals surface area contributed by atoms with Crippen LogP contribution in [0.25, 0.3) is 0 Å². The molecular weight excluding hydrogens is 582 g/mol. The van der Waals surface area contributed by atoms with E-state index in [1.807, 2.05) is 20.2 Å². The van der Waals surface area contributed by atoms with E-state index in [4.69, 9.17) is 18.9 Å². The number of hydrogen-bond donors (Lipinski definition) is 0. The van der Waals surface area contributed by atoms with E-state index in [0.717, 1.165) is 49.9 Å². The van der Waals surface area contributed by atoms with E-state index in [-0.39, 0.29) is 24.0 Å². The van der Waals surface area contributed by atoms with Crippen molar-refractivity contribution in [2.45, 2.75) is 130 Å². The Labute approximate surface area is 276 Å². The van der Waals surface area contributed by atoms with Gasteiger partial charge in [0, 0.05) is 34.4 Å². The fourth-order valence-corrected chi connectivity index (χ4v) is 9.97. The summed E-state index contributed by atoms with van der Waals surface area (Å²) in [5.74, 6) is 2.28. The molecule has 0 N–H and O–H groups in total. The average Bonchev–Trinajstić information content (AvgIpc) is 3.36. The Bertz CT molecular complexity index is 1240. The van der Waals surface area contributed by atoms with E-state index in [1.165, 1.54) is 46.0 Å². The highest BCUT2D eigenvalue weighted by Crippen LogP contribution is 2.67. The summed E-state index contributed by atoms with van der Waals surface area (Å²) >= 11 is 0. The van der Waals surface area contributed by atoms with Crippen LogP contribution in [0.1, 0.15) is 105 Å². The number of ether oxygens (including phenoxy) is 4. The summed E-state index contributed by atoms with van der Waals surface area (Å²) in [7, 11) is 3.67. The van der Waals surface area contributed by atoms with Crippen LogP contribution < -0.4 is 0 Å². The number of carbonyl (C=O) groups is 3. The van der Waals surface area contributed by atoms with E-state index in [1.54, 1.807) is 22.1 Å². The fraction of sp³-hybridized carbons (Fsp3) is 0.763. The minimum absolute atomic E-state index is 0.00246. The second-order valence-electron chi connectivity index (χ2n) is 15.4. The summed E-state index contributed by atoms with van der Waals surface area (Å²) in [4.78, 5) is 36.7. The van der Waals surface area contributed by atoms with Crippen molar-refractivity contribution in [3.63, 3.8) is 0 Å². The molecule has 256 valence electrons. The van der Waals surface area contributed by atoms with Gasteiger partial charge in [0.1, 0.15) is 18.8 Å². The number of nitrogens with zero attached hydrogens (tertiary/aromatic N) is 1. The Morgan fingerprint density at radius 2 is 1.78 bits per heavy atom. The van der Waals surface area contributed by atoms with Crippen LogP contribution in [0.2, 0.25) is 0 Å². The maximum absolute atomic E-state index is 12.0. The molecule has 0 spiro atoms. The number of amides is 1. The van der Waals surface area contributed by atoms with Gasteiger partial charge in [0.2, 0.25) is 5.91 Å². The van der Waals surface area contributed by atoms with Crippen LogP contribution in [0.15, 0.2) is 35.5 Å². The Balaban J connectivity index is 1.20. The molecule has 0 bridgehead atoms. The first-order valence-electron chi connectivity index (χ1n) is 17.7. The van der Waals surface area contributed by atoms with E-state index in [2.05, 4.69) is 32.9 Å². The maximum Gasteiger partial charge on any atom is 0.303 e. The van der Waals surface area contributed by atoms with Gasteiger partial charge in [-0.15, -0.1) is 0 Å². The Kier molecular flexibility index (Phi) is 10.9. The molecule has 1 unspecified atom stereocenters. The first-order chi connectivity index (χ1) is 21.8. The second kappa shape index (κ2) is 14.3. The maximum atomic E-state index is 12.0. The molecular formula is C38H57NO7. The van der Waals surface area contributed by atoms with Crippen molar-refractivity contribution in [1.29, 1.82) is 0 Å². The van der Waals surface area contributed by atoms with Crippen molar-refractivity contribution in [3.05, 3.63) is 35.5 Å². The summed E-state index contributed by atoms with van der Waals surface area (Å²) in [5.41, 5.74) is 3.68. The van der Waals surface area contributed by atoms with Gasteiger partial charge in [-0.25, -0.2) is 0 Å². The van der Waals surface area contributed by atoms with Crippen LogP contribution in [-0.4, -0.2) is 68.0 Å². The fourth-order valence-electron chi connectivity index (χ4n) is 9.97. The molecule has 10 atom stereocenters. The van der Waals surface area contributed by atoms with Gasteiger partial charge in [0.05, 0.1) is 6.10 Å². The number of esters is 2. The number of carbonyl (C=O) groups excluding carboxylic acids is 3. The molecule has 1 aliphatic heterocycles. The monoisotopic (exact) mass is 639 g/mol. The number of allylic oxidation sites excluding steroid dienone is 3. The highest BCUT2D eigenvalue weighted by atomic mass is 16.7. The predicted octanol–water partition coefficient (Wildman–Crippen LogP) is 6.93. The number of fused-ring (bicyclic) bond motifs is 5. The van der Waals surface area contributed by atoms with Crippen molar-refractivity contribution in [1.82, 2.24) is 4.90 Å². The van der Waals surface area contributed by atoms with Crippen LogP contribution in [0.5, 0.6) is 0 Å². The molecule has 4 aliphatic carbocycles. The molecule has 0 aromatic rings. The zero-order valence-corrected chi connectivity index (χ0v) is 29.2. The van der Waals surface area contributed by atoms with Crippen LogP contribution in [0, 0.1) is 34.5 Å². The van der Waals surface area contributed by atoms with E-state index in [0.29, 0.717) is 17.8 Å². The zero-order chi connectivity index (χ0) is 33.2. The first kappa shape index (κ1) is 34.9. The molecule has 0 radical (unpaired) electrons. The number of unbranched alkanes of at least 4 members (excludes halogenated alkanes) is 1. The van der Waals surface area contributed by atoms with Crippen molar-refractivity contribution in [2.24, 2.45) is 34.5 Å². The molecule has 0 saturated heterocycles. The van der Waals surface area contributed by atoms with Gasteiger partial charge in [0.25, 0.3) is 0 Å². The lowest BCUT2D eigenvalue weighted by atomic mass is 9.47. The van der Waals surface area contributed by atoms with Crippen LogP contribution in [-0.2, 0) is 33.3 Å². The van der Waals surface area contributed by atoms with E-state index < -0.39 is 30.4 Å². The number of hydrogen-bond acceptors (Lipinski definition) is 7. The smallest absolute Gasteiger partial charge is 0.303 e. The summed E-state index contributed by atoms with van der Waals surface area (Å²) in [6.07, 6.45) is 18.8. The van der Waals surface area contributed by atoms with Crippen LogP contribution in [0.3, 0.4) is 0 Å². The molecule has 1 amide bonds. The third kappa shape index (κ3) is 7.33.